The molecular weight excluding hydrogens is 556 g/mol. The van der Waals surface area contributed by atoms with Crippen LogP contribution in [0.2, 0.25) is 0 Å². The van der Waals surface area contributed by atoms with Crippen LogP contribution in [-0.4, -0.2) is 66.5 Å². The van der Waals surface area contributed by atoms with E-state index >= 15 is 0 Å². The largest absolute Gasteiger partial charge is 0.421 e. The highest BCUT2D eigenvalue weighted by atomic mass is 19.4. The molecule has 2 aliphatic heterocycles. The van der Waals surface area contributed by atoms with Crippen LogP contribution in [0.15, 0.2) is 24.5 Å². The normalized spacial score (nSPS) is 23.4. The fraction of sp³-hybridized carbons (Fsp3) is 0.538. The number of hydrogen-bond donors (Lipinski definition) is 3. The molecule has 3 atom stereocenters. The van der Waals surface area contributed by atoms with E-state index in [0.717, 1.165) is 49.2 Å². The molecule has 0 spiro atoms. The number of aromatic nitrogens is 4. The van der Waals surface area contributed by atoms with E-state index in [1.807, 2.05) is 0 Å². The monoisotopic (exact) mass is 583 g/mol. The number of nitrogen functional groups attached to an aromatic ring is 1. The van der Waals surface area contributed by atoms with Crippen LogP contribution in [0.3, 0.4) is 0 Å². The van der Waals surface area contributed by atoms with Gasteiger partial charge < -0.3 is 21.5 Å². The number of rotatable bonds is 5. The molecule has 3 fully saturated rings. The van der Waals surface area contributed by atoms with Crippen molar-refractivity contribution in [3.63, 3.8) is 0 Å². The number of carbonyl (C=O) groups excluding carboxylic acids is 1. The third-order valence-electron chi connectivity index (χ3n) is 8.65. The lowest BCUT2D eigenvalue weighted by atomic mass is 9.85. The predicted octanol–water partition coefficient (Wildman–Crippen LogP) is 3.76. The van der Waals surface area contributed by atoms with E-state index in [1.165, 1.54) is 10.7 Å². The first-order valence-corrected chi connectivity index (χ1v) is 13.2. The summed E-state index contributed by atoms with van der Waals surface area (Å²) >= 11 is 0. The van der Waals surface area contributed by atoms with Crippen molar-refractivity contribution >= 4 is 17.4 Å². The minimum Gasteiger partial charge on any atom is -0.387 e. The van der Waals surface area contributed by atoms with Crippen molar-refractivity contribution in [2.45, 2.75) is 80.3 Å². The van der Waals surface area contributed by atoms with Crippen LogP contribution in [0.5, 0.6) is 0 Å². The molecule has 41 heavy (non-hydrogen) atoms. The molecule has 0 unspecified atom stereocenters. The van der Waals surface area contributed by atoms with Gasteiger partial charge >= 0.3 is 12.4 Å². The van der Waals surface area contributed by atoms with Gasteiger partial charge in [0.25, 0.3) is 5.54 Å². The maximum absolute atomic E-state index is 13.4. The van der Waals surface area contributed by atoms with Crippen molar-refractivity contribution in [2.24, 2.45) is 5.73 Å². The highest BCUT2D eigenvalue weighted by molar-refractivity contribution is 5.79. The van der Waals surface area contributed by atoms with Crippen molar-refractivity contribution < 1.29 is 36.2 Å². The zero-order valence-electron chi connectivity index (χ0n) is 21.6. The minimum atomic E-state index is -5.83. The molecule has 220 valence electrons. The van der Waals surface area contributed by atoms with Crippen molar-refractivity contribution in [2.75, 3.05) is 12.3 Å². The summed E-state index contributed by atoms with van der Waals surface area (Å²) in [6.45, 7) is -0.550. The van der Waals surface area contributed by atoms with Crippen LogP contribution >= 0.6 is 0 Å². The van der Waals surface area contributed by atoms with Gasteiger partial charge in [0.2, 0.25) is 5.91 Å². The van der Waals surface area contributed by atoms with Gasteiger partial charge in [-0.05, 0) is 50.5 Å². The zero-order valence-corrected chi connectivity index (χ0v) is 21.6. The molecule has 1 amide bonds. The number of aliphatic hydroxyl groups excluding tert-OH is 1. The molecule has 1 aliphatic carbocycles. The molecule has 0 aromatic carbocycles. The molecule has 3 aromatic heterocycles. The first-order valence-electron chi connectivity index (χ1n) is 13.2. The van der Waals surface area contributed by atoms with Gasteiger partial charge in [-0.1, -0.05) is 6.07 Å². The lowest BCUT2D eigenvalue weighted by molar-refractivity contribution is -0.303. The zero-order chi connectivity index (χ0) is 29.5. The summed E-state index contributed by atoms with van der Waals surface area (Å²) in [5.74, 6) is 0.248. The Labute approximate surface area is 229 Å². The summed E-state index contributed by atoms with van der Waals surface area (Å²) in [7, 11) is 0. The second kappa shape index (κ2) is 9.28. The fourth-order valence-electron chi connectivity index (χ4n) is 6.48. The number of alkyl halides is 6. The topological polar surface area (TPSA) is 136 Å². The first kappa shape index (κ1) is 27.7. The maximum Gasteiger partial charge on any atom is 0.421 e. The second-order valence-corrected chi connectivity index (χ2v) is 11.1. The Morgan fingerprint density at radius 1 is 0.976 bits per heavy atom. The molecule has 9 nitrogen and oxygen atoms in total. The molecule has 1 saturated carbocycles. The summed E-state index contributed by atoms with van der Waals surface area (Å²) in [5.41, 5.74) is 7.92. The number of fused-ring (bicyclic) bond motifs is 3. The van der Waals surface area contributed by atoms with Gasteiger partial charge in [-0.2, -0.15) is 36.0 Å². The number of piperidine rings is 1. The number of hydrogen-bond acceptors (Lipinski definition) is 7. The van der Waals surface area contributed by atoms with Gasteiger partial charge in [-0.25, -0.2) is 4.98 Å². The number of nitrogens with zero attached hydrogens (tertiary/aromatic N) is 5. The van der Waals surface area contributed by atoms with Crippen LogP contribution in [0, 0.1) is 0 Å². The van der Waals surface area contributed by atoms with Crippen LogP contribution in [0.1, 0.15) is 67.3 Å². The molecule has 2 bridgehead atoms. The number of nitrogens with two attached hydrogens (primary N) is 2. The average Bonchev–Trinajstić information content (AvgIpc) is 3.60. The molecular formula is C26H27F6N7O2. The van der Waals surface area contributed by atoms with E-state index < -0.39 is 30.2 Å². The van der Waals surface area contributed by atoms with Gasteiger partial charge in [0, 0.05) is 40.9 Å². The highest BCUT2D eigenvalue weighted by Gasteiger charge is 2.70. The predicted molar refractivity (Wildman–Crippen MR) is 133 cm³/mol. The second-order valence-electron chi connectivity index (χ2n) is 11.1. The standard InChI is InChI=1S/C26H27F6N7O2/c27-25(28,29)24(34,26(30,31)32)18-6-3-13(9-35-18)17-10-36-39-22(33)20(12-1-2-12)21(37-23(17)39)14-7-15-4-5-16(8-14)38(15)19(41)11-40/h3,6,9-10,12,14-16,40H,1-2,4-5,7-8,11,33-34H2/t14-,15-,16+. The number of aliphatic hydroxyl groups is 1. The third kappa shape index (κ3) is 4.23. The Balaban J connectivity index is 1.40. The van der Waals surface area contributed by atoms with Crippen LogP contribution in [0.25, 0.3) is 16.8 Å². The highest BCUT2D eigenvalue weighted by Crippen LogP contribution is 2.51. The Hall–Kier alpha value is -3.46. The summed E-state index contributed by atoms with van der Waals surface area (Å²) < 4.78 is 82.0. The Kier molecular flexibility index (Phi) is 6.27. The number of halogens is 6. The van der Waals surface area contributed by atoms with E-state index in [-0.39, 0.29) is 35.4 Å². The van der Waals surface area contributed by atoms with Gasteiger partial charge in [0.15, 0.2) is 5.65 Å². The summed E-state index contributed by atoms with van der Waals surface area (Å²) in [6.07, 6.45) is -4.61. The third-order valence-corrected chi connectivity index (χ3v) is 8.65. The van der Waals surface area contributed by atoms with E-state index in [1.54, 1.807) is 4.90 Å². The molecule has 5 heterocycles. The summed E-state index contributed by atoms with van der Waals surface area (Å²) in [6, 6.07) is 1.60. The molecule has 6 rings (SSSR count). The van der Waals surface area contributed by atoms with Gasteiger partial charge in [-0.15, -0.1) is 0 Å². The Morgan fingerprint density at radius 2 is 1.61 bits per heavy atom. The van der Waals surface area contributed by atoms with Gasteiger partial charge in [-0.3, -0.25) is 9.78 Å². The molecule has 0 radical (unpaired) electrons. The van der Waals surface area contributed by atoms with E-state index in [4.69, 9.17) is 16.5 Å². The van der Waals surface area contributed by atoms with E-state index in [0.29, 0.717) is 35.9 Å². The van der Waals surface area contributed by atoms with Crippen molar-refractivity contribution in [1.29, 1.82) is 0 Å². The SMILES string of the molecule is Nc1c(C2CC2)c([C@@H]2C[C@H]3CC[C@@H](C2)N3C(=O)CO)nc2c(-c3ccc(C(N)(C(F)(F)F)C(F)(F)F)nc3)cnn12. The van der Waals surface area contributed by atoms with E-state index in [2.05, 4.69) is 10.1 Å². The summed E-state index contributed by atoms with van der Waals surface area (Å²) in [4.78, 5) is 22.5. The molecule has 15 heteroatoms. The number of pyridine rings is 1. The van der Waals surface area contributed by atoms with Crippen LogP contribution in [-0.2, 0) is 10.3 Å². The lowest BCUT2D eigenvalue weighted by Crippen LogP contribution is -2.61. The maximum atomic E-state index is 13.4. The number of amides is 1. The van der Waals surface area contributed by atoms with Crippen molar-refractivity contribution in [1.82, 2.24) is 24.5 Å². The minimum absolute atomic E-state index is 0.0298. The molecule has 5 N–H and O–H groups in total. The molecule has 3 aromatic rings. The van der Waals surface area contributed by atoms with Gasteiger partial charge in [0.1, 0.15) is 12.4 Å². The van der Waals surface area contributed by atoms with Crippen molar-refractivity contribution in [3.05, 3.63) is 41.5 Å². The number of anilines is 1. The quantitative estimate of drug-likeness (QED) is 0.389. The van der Waals surface area contributed by atoms with Crippen molar-refractivity contribution in [3.8, 4) is 11.1 Å². The first-order chi connectivity index (χ1) is 19.3. The van der Waals surface area contributed by atoms with Gasteiger partial charge in [0.05, 0.1) is 17.6 Å². The molecule has 3 aliphatic rings. The lowest BCUT2D eigenvalue weighted by Gasteiger charge is -2.39. The van der Waals surface area contributed by atoms with E-state index in [9.17, 15) is 36.2 Å². The summed E-state index contributed by atoms with van der Waals surface area (Å²) in [5, 5.41) is 13.7. The smallest absolute Gasteiger partial charge is 0.387 e. The Bertz CT molecular complexity index is 1470. The van der Waals surface area contributed by atoms with Crippen LogP contribution < -0.4 is 11.5 Å². The molecule has 2 saturated heterocycles. The Morgan fingerprint density at radius 3 is 2.12 bits per heavy atom. The average molecular weight is 584 g/mol. The fourth-order valence-corrected chi connectivity index (χ4v) is 6.48. The van der Waals surface area contributed by atoms with Crippen LogP contribution in [0.4, 0.5) is 32.2 Å². The number of carbonyl (C=O) groups is 1.